The van der Waals surface area contributed by atoms with E-state index in [4.69, 9.17) is 11.6 Å². The van der Waals surface area contributed by atoms with Crippen molar-refractivity contribution in [2.75, 3.05) is 7.05 Å². The summed E-state index contributed by atoms with van der Waals surface area (Å²) in [6, 6.07) is 17.2. The number of carbonyl (C=O) groups excluding carboxylic acids is 1. The van der Waals surface area contributed by atoms with E-state index in [9.17, 15) is 9.59 Å². The molecule has 0 unspecified atom stereocenters. The molecule has 3 aromatic rings. The molecule has 0 saturated heterocycles. The molecule has 150 valence electrons. The fraction of sp³-hybridized carbons (Fsp3) is 0.333. The van der Waals surface area contributed by atoms with Crippen LogP contribution in [-0.4, -0.2) is 22.8 Å². The SMILES string of the molecule is CN(C(=O)Cc1cc2ccccc2[nH]c1=O)[C@@H](c1ccc(Cl)cc1)C1CCCC1. The van der Waals surface area contributed by atoms with Crippen molar-refractivity contribution in [3.63, 3.8) is 0 Å². The molecule has 1 aliphatic rings. The van der Waals surface area contributed by atoms with Crippen molar-refractivity contribution in [1.29, 1.82) is 0 Å². The van der Waals surface area contributed by atoms with Crippen molar-refractivity contribution < 1.29 is 4.79 Å². The van der Waals surface area contributed by atoms with E-state index in [0.717, 1.165) is 29.3 Å². The Kier molecular flexibility index (Phi) is 5.72. The van der Waals surface area contributed by atoms with Crippen LogP contribution in [-0.2, 0) is 11.2 Å². The van der Waals surface area contributed by atoms with Gasteiger partial charge >= 0.3 is 0 Å². The Bertz CT molecular complexity index is 1070. The molecule has 1 aliphatic carbocycles. The first-order valence-corrected chi connectivity index (χ1v) is 10.5. The standard InChI is InChI=1S/C24H25ClN2O2/c1-27(23(16-6-2-3-7-16)17-10-12-20(25)13-11-17)22(28)15-19-14-18-8-4-5-9-21(18)26-24(19)29/h4-5,8-14,16,23H,2-3,6-7,15H2,1H3,(H,26,29)/t23-/m1/s1. The molecule has 0 radical (unpaired) electrons. The number of nitrogens with zero attached hydrogens (tertiary/aromatic N) is 1. The number of amides is 1. The molecule has 1 amide bonds. The molecule has 4 rings (SSSR count). The third kappa shape index (κ3) is 4.23. The second-order valence-electron chi connectivity index (χ2n) is 7.93. The Balaban J connectivity index is 1.61. The smallest absolute Gasteiger partial charge is 0.252 e. The van der Waals surface area contributed by atoms with Crippen LogP contribution in [0, 0.1) is 5.92 Å². The average molecular weight is 409 g/mol. The van der Waals surface area contributed by atoms with Crippen LogP contribution in [0.2, 0.25) is 5.02 Å². The molecular formula is C24H25ClN2O2. The molecule has 1 saturated carbocycles. The molecule has 1 N–H and O–H groups in total. The Morgan fingerprint density at radius 1 is 1.14 bits per heavy atom. The number of H-pyrrole nitrogens is 1. The lowest BCUT2D eigenvalue weighted by molar-refractivity contribution is -0.132. The minimum absolute atomic E-state index is 0.00167. The number of likely N-dealkylation sites (N-methyl/N-ethyl adjacent to an activating group) is 1. The minimum atomic E-state index is -0.200. The highest BCUT2D eigenvalue weighted by Crippen LogP contribution is 2.39. The van der Waals surface area contributed by atoms with Gasteiger partial charge in [-0.2, -0.15) is 0 Å². The number of fused-ring (bicyclic) bond motifs is 1. The number of pyridine rings is 1. The van der Waals surface area contributed by atoms with Crippen LogP contribution in [0.3, 0.4) is 0 Å². The molecule has 2 aromatic carbocycles. The van der Waals surface area contributed by atoms with Gasteiger partial charge in [0.15, 0.2) is 0 Å². The quantitative estimate of drug-likeness (QED) is 0.637. The van der Waals surface area contributed by atoms with Gasteiger partial charge in [0.1, 0.15) is 0 Å². The van der Waals surface area contributed by atoms with Crippen LogP contribution in [0.25, 0.3) is 10.9 Å². The van der Waals surface area contributed by atoms with E-state index in [1.54, 1.807) is 0 Å². The maximum Gasteiger partial charge on any atom is 0.252 e. The summed E-state index contributed by atoms with van der Waals surface area (Å²) >= 11 is 6.07. The summed E-state index contributed by atoms with van der Waals surface area (Å²) in [5, 5.41) is 1.62. The molecule has 1 aromatic heterocycles. The van der Waals surface area contributed by atoms with E-state index in [1.807, 2.05) is 66.5 Å². The molecule has 1 heterocycles. The Morgan fingerprint density at radius 3 is 2.55 bits per heavy atom. The Labute approximate surface area is 175 Å². The van der Waals surface area contributed by atoms with Gasteiger partial charge in [-0.05, 0) is 54.0 Å². The van der Waals surface area contributed by atoms with Gasteiger partial charge in [0.25, 0.3) is 5.56 Å². The van der Waals surface area contributed by atoms with E-state index in [2.05, 4.69) is 4.98 Å². The van der Waals surface area contributed by atoms with E-state index >= 15 is 0 Å². The average Bonchev–Trinajstić information content (AvgIpc) is 3.24. The molecule has 5 heteroatoms. The molecule has 29 heavy (non-hydrogen) atoms. The van der Waals surface area contributed by atoms with Crippen LogP contribution < -0.4 is 5.56 Å². The summed E-state index contributed by atoms with van der Waals surface area (Å²) in [6.45, 7) is 0. The van der Waals surface area contributed by atoms with Crippen molar-refractivity contribution in [2.45, 2.75) is 38.1 Å². The zero-order chi connectivity index (χ0) is 20.4. The summed E-state index contributed by atoms with van der Waals surface area (Å²) in [5.41, 5.74) is 2.19. The van der Waals surface area contributed by atoms with Crippen molar-refractivity contribution in [1.82, 2.24) is 9.88 Å². The van der Waals surface area contributed by atoms with Crippen LogP contribution in [0.1, 0.15) is 42.9 Å². The van der Waals surface area contributed by atoms with E-state index < -0.39 is 0 Å². The topological polar surface area (TPSA) is 53.2 Å². The highest BCUT2D eigenvalue weighted by Gasteiger charge is 2.32. The third-order valence-corrected chi connectivity index (χ3v) is 6.29. The second-order valence-corrected chi connectivity index (χ2v) is 8.37. The zero-order valence-electron chi connectivity index (χ0n) is 16.5. The molecule has 1 atom stereocenters. The third-order valence-electron chi connectivity index (χ3n) is 6.04. The van der Waals surface area contributed by atoms with Crippen molar-refractivity contribution in [3.8, 4) is 0 Å². The highest BCUT2D eigenvalue weighted by atomic mass is 35.5. The molecule has 1 fully saturated rings. The van der Waals surface area contributed by atoms with Crippen molar-refractivity contribution in [2.24, 2.45) is 5.92 Å². The zero-order valence-corrected chi connectivity index (χ0v) is 17.3. The van der Waals surface area contributed by atoms with Gasteiger partial charge < -0.3 is 9.88 Å². The fourth-order valence-electron chi connectivity index (χ4n) is 4.51. The number of hydrogen-bond acceptors (Lipinski definition) is 2. The molecule has 0 aliphatic heterocycles. The van der Waals surface area contributed by atoms with Crippen molar-refractivity contribution >= 4 is 28.4 Å². The van der Waals surface area contributed by atoms with Gasteiger partial charge in [0.2, 0.25) is 5.91 Å². The molecular weight excluding hydrogens is 384 g/mol. The maximum atomic E-state index is 13.2. The number of rotatable bonds is 5. The predicted molar refractivity (Wildman–Crippen MR) is 117 cm³/mol. The lowest BCUT2D eigenvalue weighted by Gasteiger charge is -2.33. The number of hydrogen-bond donors (Lipinski definition) is 1. The number of halogens is 1. The van der Waals surface area contributed by atoms with Gasteiger partial charge in [-0.1, -0.05) is 54.8 Å². The van der Waals surface area contributed by atoms with Crippen LogP contribution in [0.15, 0.2) is 59.4 Å². The van der Waals surface area contributed by atoms with E-state index in [1.165, 1.54) is 12.8 Å². The van der Waals surface area contributed by atoms with Gasteiger partial charge in [0, 0.05) is 23.2 Å². The number of benzene rings is 2. The number of para-hydroxylation sites is 1. The summed E-state index contributed by atoms with van der Waals surface area (Å²) in [4.78, 5) is 30.4. The number of carbonyl (C=O) groups is 1. The monoisotopic (exact) mass is 408 g/mol. The van der Waals surface area contributed by atoms with Crippen LogP contribution in [0.5, 0.6) is 0 Å². The largest absolute Gasteiger partial charge is 0.338 e. The second kappa shape index (κ2) is 8.42. The van der Waals surface area contributed by atoms with Crippen LogP contribution >= 0.6 is 11.6 Å². The van der Waals surface area contributed by atoms with Crippen molar-refractivity contribution in [3.05, 3.63) is 81.1 Å². The van der Waals surface area contributed by atoms with E-state index in [0.29, 0.717) is 16.5 Å². The molecule has 0 spiro atoms. The molecule has 0 bridgehead atoms. The number of aromatic nitrogens is 1. The lowest BCUT2D eigenvalue weighted by Crippen LogP contribution is -2.36. The highest BCUT2D eigenvalue weighted by molar-refractivity contribution is 6.30. The predicted octanol–water partition coefficient (Wildman–Crippen LogP) is 5.11. The van der Waals surface area contributed by atoms with Gasteiger partial charge in [-0.3, -0.25) is 9.59 Å². The first-order valence-electron chi connectivity index (χ1n) is 10.1. The van der Waals surface area contributed by atoms with Gasteiger partial charge in [0.05, 0.1) is 12.5 Å². The van der Waals surface area contributed by atoms with E-state index in [-0.39, 0.29) is 23.9 Å². The fourth-order valence-corrected chi connectivity index (χ4v) is 4.64. The normalized spacial score (nSPS) is 15.5. The maximum absolute atomic E-state index is 13.2. The number of aromatic amines is 1. The summed E-state index contributed by atoms with van der Waals surface area (Å²) in [6.07, 6.45) is 4.71. The van der Waals surface area contributed by atoms with Gasteiger partial charge in [-0.25, -0.2) is 0 Å². The summed E-state index contributed by atoms with van der Waals surface area (Å²) < 4.78 is 0. The minimum Gasteiger partial charge on any atom is -0.338 e. The molecule has 4 nitrogen and oxygen atoms in total. The lowest BCUT2D eigenvalue weighted by atomic mass is 9.90. The first-order chi connectivity index (χ1) is 14.0. The summed E-state index contributed by atoms with van der Waals surface area (Å²) in [7, 11) is 1.86. The summed E-state index contributed by atoms with van der Waals surface area (Å²) in [5.74, 6) is 0.387. The Morgan fingerprint density at radius 2 is 1.83 bits per heavy atom. The Hall–Kier alpha value is -2.59. The van der Waals surface area contributed by atoms with Crippen LogP contribution in [0.4, 0.5) is 0 Å². The van der Waals surface area contributed by atoms with Gasteiger partial charge in [-0.15, -0.1) is 0 Å². The number of nitrogens with one attached hydrogen (secondary N) is 1. The first kappa shape index (κ1) is 19.7.